The molecule has 2 aromatic rings. The fourth-order valence-corrected chi connectivity index (χ4v) is 1.69. The molecule has 0 fully saturated rings. The maximum absolute atomic E-state index is 10.6. The Kier molecular flexibility index (Phi) is 2.92. The minimum atomic E-state index is -0.885. The average Bonchev–Trinajstić information content (AvgIpc) is 2.65. The first kappa shape index (κ1) is 10.7. The second-order valence-corrected chi connectivity index (χ2v) is 3.79. The molecular weight excluding hydrogens is 228 g/mol. The lowest BCUT2D eigenvalue weighted by Gasteiger charge is -2.01. The second-order valence-electron chi connectivity index (χ2n) is 3.35. The summed E-state index contributed by atoms with van der Waals surface area (Å²) >= 11 is 5.87. The van der Waals surface area contributed by atoms with Gasteiger partial charge in [0, 0.05) is 16.1 Å². The topological polar surface area (TPSA) is 66.0 Å². The lowest BCUT2D eigenvalue weighted by atomic mass is 10.1. The zero-order chi connectivity index (χ0) is 11.5. The molecule has 0 aliphatic rings. The summed E-state index contributed by atoms with van der Waals surface area (Å²) in [7, 11) is 0. The van der Waals surface area contributed by atoms with E-state index in [1.807, 2.05) is 12.1 Å². The van der Waals surface area contributed by atoms with Gasteiger partial charge < -0.3 is 5.11 Å². The molecule has 0 aliphatic heterocycles. The maximum Gasteiger partial charge on any atom is 0.307 e. The van der Waals surface area contributed by atoms with Crippen LogP contribution < -0.4 is 0 Å². The van der Waals surface area contributed by atoms with Crippen molar-refractivity contribution < 1.29 is 9.90 Å². The predicted molar refractivity (Wildman–Crippen MR) is 60.4 cm³/mol. The van der Waals surface area contributed by atoms with Crippen molar-refractivity contribution in [1.29, 1.82) is 0 Å². The number of carbonyl (C=O) groups is 1. The maximum atomic E-state index is 10.6. The third-order valence-corrected chi connectivity index (χ3v) is 2.41. The molecule has 0 saturated carbocycles. The van der Waals surface area contributed by atoms with Gasteiger partial charge in [-0.2, -0.15) is 5.10 Å². The molecule has 0 radical (unpaired) electrons. The van der Waals surface area contributed by atoms with E-state index in [9.17, 15) is 4.79 Å². The van der Waals surface area contributed by atoms with Crippen molar-refractivity contribution >= 4 is 17.6 Å². The number of hydrogen-bond acceptors (Lipinski definition) is 2. The first-order valence-corrected chi connectivity index (χ1v) is 5.04. The summed E-state index contributed by atoms with van der Waals surface area (Å²) in [5, 5.41) is 16.0. The number of nitrogens with zero attached hydrogens (tertiary/aromatic N) is 1. The molecule has 5 heteroatoms. The van der Waals surface area contributed by atoms with E-state index >= 15 is 0 Å². The van der Waals surface area contributed by atoms with Crippen LogP contribution in [-0.4, -0.2) is 21.3 Å². The first-order valence-electron chi connectivity index (χ1n) is 4.67. The number of nitrogens with one attached hydrogen (secondary N) is 1. The van der Waals surface area contributed by atoms with Gasteiger partial charge in [-0.05, 0) is 12.1 Å². The molecule has 82 valence electrons. The molecule has 0 aliphatic carbocycles. The smallest absolute Gasteiger partial charge is 0.307 e. The van der Waals surface area contributed by atoms with Crippen LogP contribution >= 0.6 is 11.6 Å². The van der Waals surface area contributed by atoms with Crippen LogP contribution in [0.15, 0.2) is 30.5 Å². The molecule has 1 aromatic heterocycles. The Morgan fingerprint density at radius 3 is 3.00 bits per heavy atom. The van der Waals surface area contributed by atoms with Crippen molar-refractivity contribution in [2.75, 3.05) is 0 Å². The van der Waals surface area contributed by atoms with Crippen molar-refractivity contribution in [3.8, 4) is 11.3 Å². The summed E-state index contributed by atoms with van der Waals surface area (Å²) in [6, 6.07) is 7.19. The molecule has 0 saturated heterocycles. The van der Waals surface area contributed by atoms with E-state index in [2.05, 4.69) is 10.2 Å². The Morgan fingerprint density at radius 2 is 2.31 bits per heavy atom. The Bertz CT molecular complexity index is 522. The molecule has 0 unspecified atom stereocenters. The van der Waals surface area contributed by atoms with Crippen LogP contribution in [0.2, 0.25) is 5.02 Å². The molecular formula is C11H9ClN2O2. The number of halogens is 1. The number of benzene rings is 1. The van der Waals surface area contributed by atoms with Gasteiger partial charge in [0.15, 0.2) is 0 Å². The van der Waals surface area contributed by atoms with Crippen molar-refractivity contribution in [2.45, 2.75) is 6.42 Å². The standard InChI is InChI=1S/C11H9ClN2O2/c12-9-3-1-2-7(4-9)11-8(5-10(15)16)6-13-14-11/h1-4,6H,5H2,(H,13,14)(H,15,16). The lowest BCUT2D eigenvalue weighted by molar-refractivity contribution is -0.136. The summed E-state index contributed by atoms with van der Waals surface area (Å²) in [6.45, 7) is 0. The molecule has 0 bridgehead atoms. The summed E-state index contributed by atoms with van der Waals surface area (Å²) in [5.74, 6) is -0.885. The number of hydrogen-bond donors (Lipinski definition) is 2. The van der Waals surface area contributed by atoms with Crippen LogP contribution in [0.4, 0.5) is 0 Å². The number of carboxylic acids is 1. The van der Waals surface area contributed by atoms with Crippen molar-refractivity contribution in [1.82, 2.24) is 10.2 Å². The molecule has 0 atom stereocenters. The second kappa shape index (κ2) is 4.37. The first-order chi connectivity index (χ1) is 7.66. The van der Waals surface area contributed by atoms with Crippen LogP contribution in [-0.2, 0) is 11.2 Å². The predicted octanol–water partition coefficient (Wildman–Crippen LogP) is 2.36. The molecule has 1 aromatic carbocycles. The SMILES string of the molecule is O=C(O)Cc1cn[nH]c1-c1cccc(Cl)c1. The van der Waals surface area contributed by atoms with Gasteiger partial charge in [-0.15, -0.1) is 0 Å². The zero-order valence-corrected chi connectivity index (χ0v) is 9.03. The van der Waals surface area contributed by atoms with Gasteiger partial charge in [0.1, 0.15) is 0 Å². The fourth-order valence-electron chi connectivity index (χ4n) is 1.50. The van der Waals surface area contributed by atoms with Crippen molar-refractivity contribution in [3.05, 3.63) is 41.0 Å². The Morgan fingerprint density at radius 1 is 1.50 bits per heavy atom. The highest BCUT2D eigenvalue weighted by molar-refractivity contribution is 6.30. The highest BCUT2D eigenvalue weighted by Crippen LogP contribution is 2.24. The van der Waals surface area contributed by atoms with E-state index in [1.54, 1.807) is 12.1 Å². The van der Waals surface area contributed by atoms with E-state index in [0.29, 0.717) is 16.3 Å². The van der Waals surface area contributed by atoms with E-state index < -0.39 is 5.97 Å². The number of aromatic amines is 1. The Labute approximate surface area is 96.9 Å². The average molecular weight is 237 g/mol. The molecule has 0 spiro atoms. The van der Waals surface area contributed by atoms with Gasteiger partial charge in [0.25, 0.3) is 0 Å². The van der Waals surface area contributed by atoms with Crippen LogP contribution in [0, 0.1) is 0 Å². The molecule has 16 heavy (non-hydrogen) atoms. The van der Waals surface area contributed by atoms with Gasteiger partial charge in [-0.3, -0.25) is 9.89 Å². The third kappa shape index (κ3) is 2.23. The number of rotatable bonds is 3. The van der Waals surface area contributed by atoms with Crippen LogP contribution in [0.5, 0.6) is 0 Å². The molecule has 2 N–H and O–H groups in total. The van der Waals surface area contributed by atoms with E-state index in [1.165, 1.54) is 6.20 Å². The van der Waals surface area contributed by atoms with E-state index in [-0.39, 0.29) is 6.42 Å². The highest BCUT2D eigenvalue weighted by atomic mass is 35.5. The fraction of sp³-hybridized carbons (Fsp3) is 0.0909. The highest BCUT2D eigenvalue weighted by Gasteiger charge is 2.10. The monoisotopic (exact) mass is 236 g/mol. The van der Waals surface area contributed by atoms with Crippen molar-refractivity contribution in [3.63, 3.8) is 0 Å². The summed E-state index contributed by atoms with van der Waals surface area (Å²) in [4.78, 5) is 10.6. The number of H-pyrrole nitrogens is 1. The number of carboxylic acid groups (broad SMARTS) is 1. The minimum Gasteiger partial charge on any atom is -0.481 e. The quantitative estimate of drug-likeness (QED) is 0.860. The summed E-state index contributed by atoms with van der Waals surface area (Å²) in [6.07, 6.45) is 1.46. The lowest BCUT2D eigenvalue weighted by Crippen LogP contribution is -2.00. The summed E-state index contributed by atoms with van der Waals surface area (Å²) < 4.78 is 0. The molecule has 2 rings (SSSR count). The number of aliphatic carboxylic acids is 1. The minimum absolute atomic E-state index is 0.0572. The Hall–Kier alpha value is -1.81. The van der Waals surface area contributed by atoms with Crippen molar-refractivity contribution in [2.24, 2.45) is 0 Å². The van der Waals surface area contributed by atoms with Gasteiger partial charge in [-0.1, -0.05) is 23.7 Å². The van der Waals surface area contributed by atoms with Gasteiger partial charge in [0.05, 0.1) is 18.3 Å². The van der Waals surface area contributed by atoms with Crippen LogP contribution in [0.25, 0.3) is 11.3 Å². The molecule has 0 amide bonds. The van der Waals surface area contributed by atoms with Gasteiger partial charge in [-0.25, -0.2) is 0 Å². The third-order valence-electron chi connectivity index (χ3n) is 2.17. The van der Waals surface area contributed by atoms with Gasteiger partial charge >= 0.3 is 5.97 Å². The Balaban J connectivity index is 2.40. The largest absolute Gasteiger partial charge is 0.481 e. The number of aromatic nitrogens is 2. The van der Waals surface area contributed by atoms with E-state index in [0.717, 1.165) is 5.56 Å². The molecule has 4 nitrogen and oxygen atoms in total. The zero-order valence-electron chi connectivity index (χ0n) is 8.27. The molecule has 1 heterocycles. The van der Waals surface area contributed by atoms with Crippen LogP contribution in [0.3, 0.4) is 0 Å². The van der Waals surface area contributed by atoms with Gasteiger partial charge in [0.2, 0.25) is 0 Å². The normalized spacial score (nSPS) is 10.3. The van der Waals surface area contributed by atoms with E-state index in [4.69, 9.17) is 16.7 Å². The summed E-state index contributed by atoms with van der Waals surface area (Å²) in [5.41, 5.74) is 2.18. The van der Waals surface area contributed by atoms with Crippen LogP contribution in [0.1, 0.15) is 5.56 Å².